The van der Waals surface area contributed by atoms with Gasteiger partial charge in [-0.25, -0.2) is 9.37 Å². The number of hydrogen-bond donors (Lipinski definition) is 1. The fraction of sp³-hybridized carbons (Fsp3) is 0.111. The first-order valence-electron chi connectivity index (χ1n) is 3.93. The van der Waals surface area contributed by atoms with Gasteiger partial charge in [-0.2, -0.15) is 0 Å². The van der Waals surface area contributed by atoms with Crippen LogP contribution < -0.4 is 5.56 Å². The lowest BCUT2D eigenvalue weighted by Gasteiger charge is -1.99. The number of nitrogens with zero attached hydrogens (tertiary/aromatic N) is 1. The number of nitrogens with one attached hydrogen (secondary N) is 1. The monoisotopic (exact) mass is 212 g/mol. The second kappa shape index (κ2) is 3.06. The van der Waals surface area contributed by atoms with Crippen molar-refractivity contribution < 1.29 is 4.39 Å². The maximum Gasteiger partial charge on any atom is 0.258 e. The van der Waals surface area contributed by atoms with Crippen molar-refractivity contribution in [3.63, 3.8) is 0 Å². The Morgan fingerprint density at radius 2 is 2.21 bits per heavy atom. The van der Waals surface area contributed by atoms with E-state index in [-0.39, 0.29) is 10.6 Å². The summed E-state index contributed by atoms with van der Waals surface area (Å²) in [6.45, 7) is 1.63. The molecule has 72 valence electrons. The van der Waals surface area contributed by atoms with Crippen LogP contribution in [0, 0.1) is 12.7 Å². The maximum atomic E-state index is 13.0. The second-order valence-corrected chi connectivity index (χ2v) is 3.34. The van der Waals surface area contributed by atoms with E-state index < -0.39 is 5.82 Å². The average Bonchev–Trinajstić information content (AvgIpc) is 2.08. The molecule has 0 bridgehead atoms. The molecule has 1 heterocycles. The predicted octanol–water partition coefficient (Wildman–Crippen LogP) is 2.02. The molecule has 1 N–H and O–H groups in total. The van der Waals surface area contributed by atoms with Crippen molar-refractivity contribution in [2.24, 2.45) is 0 Å². The number of H-pyrrole nitrogens is 1. The van der Waals surface area contributed by atoms with Gasteiger partial charge in [-0.3, -0.25) is 4.79 Å². The Balaban J connectivity index is 2.96. The highest BCUT2D eigenvalue weighted by Crippen LogP contribution is 2.18. The smallest absolute Gasteiger partial charge is 0.258 e. The summed E-state index contributed by atoms with van der Waals surface area (Å²) in [5.41, 5.74) is 0.00236. The molecule has 0 unspecified atom stereocenters. The lowest BCUT2D eigenvalue weighted by Crippen LogP contribution is -2.09. The number of aryl methyl sites for hydroxylation is 1. The van der Waals surface area contributed by atoms with Crippen molar-refractivity contribution in [2.45, 2.75) is 6.92 Å². The molecule has 0 aliphatic rings. The normalized spacial score (nSPS) is 10.8. The highest BCUT2D eigenvalue weighted by atomic mass is 35.5. The average molecular weight is 213 g/mol. The van der Waals surface area contributed by atoms with Gasteiger partial charge in [0.2, 0.25) is 0 Å². The van der Waals surface area contributed by atoms with Gasteiger partial charge < -0.3 is 4.98 Å². The maximum absolute atomic E-state index is 13.0. The minimum absolute atomic E-state index is 0.0753. The summed E-state index contributed by atoms with van der Waals surface area (Å²) in [6, 6.07) is 2.43. The molecule has 0 fully saturated rings. The fourth-order valence-electron chi connectivity index (χ4n) is 1.25. The van der Waals surface area contributed by atoms with Gasteiger partial charge in [-0.05, 0) is 13.0 Å². The molecule has 0 spiro atoms. The van der Waals surface area contributed by atoms with Crippen LogP contribution in [0.4, 0.5) is 4.39 Å². The van der Waals surface area contributed by atoms with Crippen LogP contribution in [0.3, 0.4) is 0 Å². The summed E-state index contributed by atoms with van der Waals surface area (Å²) in [5, 5.41) is 0.218. The first kappa shape index (κ1) is 9.15. The van der Waals surface area contributed by atoms with E-state index in [9.17, 15) is 9.18 Å². The molecule has 0 saturated heterocycles. The van der Waals surface area contributed by atoms with Crippen LogP contribution >= 0.6 is 11.6 Å². The highest BCUT2D eigenvalue weighted by Gasteiger charge is 2.06. The Bertz CT molecular complexity index is 564. The number of rotatable bonds is 0. The third kappa shape index (κ3) is 1.37. The van der Waals surface area contributed by atoms with E-state index in [1.54, 1.807) is 6.92 Å². The van der Waals surface area contributed by atoms with Gasteiger partial charge in [-0.15, -0.1) is 0 Å². The van der Waals surface area contributed by atoms with Crippen molar-refractivity contribution in [3.8, 4) is 0 Å². The summed E-state index contributed by atoms with van der Waals surface area (Å²) in [5.74, 6) is -0.124. The number of benzene rings is 1. The van der Waals surface area contributed by atoms with Crippen molar-refractivity contribution in [1.29, 1.82) is 0 Å². The quantitative estimate of drug-likeness (QED) is 0.726. The largest absolute Gasteiger partial charge is 0.310 e. The Morgan fingerprint density at radius 3 is 2.93 bits per heavy atom. The molecule has 2 rings (SSSR count). The van der Waals surface area contributed by atoms with E-state index in [1.807, 2.05) is 0 Å². The summed E-state index contributed by atoms with van der Waals surface area (Å²) in [7, 11) is 0. The molecule has 1 aromatic carbocycles. The van der Waals surface area contributed by atoms with Crippen LogP contribution in [0.5, 0.6) is 0 Å². The van der Waals surface area contributed by atoms with Gasteiger partial charge >= 0.3 is 0 Å². The Hall–Kier alpha value is -1.42. The van der Waals surface area contributed by atoms with Crippen molar-refractivity contribution >= 4 is 22.5 Å². The molecular weight excluding hydrogens is 207 g/mol. The molecule has 2 aromatic rings. The first-order chi connectivity index (χ1) is 6.58. The van der Waals surface area contributed by atoms with Crippen LogP contribution in [0.25, 0.3) is 10.9 Å². The van der Waals surface area contributed by atoms with Crippen LogP contribution in [-0.4, -0.2) is 9.97 Å². The van der Waals surface area contributed by atoms with E-state index in [2.05, 4.69) is 9.97 Å². The van der Waals surface area contributed by atoms with E-state index in [0.29, 0.717) is 16.7 Å². The summed E-state index contributed by atoms with van der Waals surface area (Å²) >= 11 is 5.54. The van der Waals surface area contributed by atoms with Gasteiger partial charge in [0.05, 0.1) is 15.9 Å². The van der Waals surface area contributed by atoms with Crippen LogP contribution in [0.1, 0.15) is 5.82 Å². The van der Waals surface area contributed by atoms with Gasteiger partial charge in [0.15, 0.2) is 0 Å². The standard InChI is InChI=1S/C9H6ClFN2O/c1-4-12-8-3-7(11)6(10)2-5(8)9(14)13-4/h2-3H,1H3,(H,12,13,14). The van der Waals surface area contributed by atoms with E-state index >= 15 is 0 Å². The summed E-state index contributed by atoms with van der Waals surface area (Å²) in [6.07, 6.45) is 0. The fourth-order valence-corrected chi connectivity index (χ4v) is 1.41. The Labute approximate surface area is 83.5 Å². The van der Waals surface area contributed by atoms with Crippen LogP contribution in [0.2, 0.25) is 5.02 Å². The minimum atomic E-state index is -0.573. The lowest BCUT2D eigenvalue weighted by molar-refractivity contribution is 0.629. The van der Waals surface area contributed by atoms with Gasteiger partial charge in [0, 0.05) is 6.07 Å². The lowest BCUT2D eigenvalue weighted by atomic mass is 10.2. The van der Waals surface area contributed by atoms with Crippen LogP contribution in [0.15, 0.2) is 16.9 Å². The summed E-state index contributed by atoms with van der Waals surface area (Å²) in [4.78, 5) is 17.9. The third-order valence-electron chi connectivity index (χ3n) is 1.87. The van der Waals surface area contributed by atoms with Crippen molar-refractivity contribution in [3.05, 3.63) is 39.2 Å². The molecule has 0 aliphatic heterocycles. The van der Waals surface area contributed by atoms with Crippen molar-refractivity contribution in [2.75, 3.05) is 0 Å². The molecule has 1 aromatic heterocycles. The Morgan fingerprint density at radius 1 is 1.50 bits per heavy atom. The molecule has 0 amide bonds. The predicted molar refractivity (Wildman–Crippen MR) is 52.1 cm³/mol. The number of halogens is 2. The SMILES string of the molecule is Cc1nc2cc(F)c(Cl)cc2c(=O)[nH]1. The van der Waals surface area contributed by atoms with Gasteiger partial charge in [-0.1, -0.05) is 11.6 Å². The van der Waals surface area contributed by atoms with Gasteiger partial charge in [0.1, 0.15) is 11.6 Å². The van der Waals surface area contributed by atoms with E-state index in [1.165, 1.54) is 6.07 Å². The second-order valence-electron chi connectivity index (χ2n) is 2.93. The number of fused-ring (bicyclic) bond motifs is 1. The third-order valence-corrected chi connectivity index (χ3v) is 2.16. The van der Waals surface area contributed by atoms with E-state index in [0.717, 1.165) is 6.07 Å². The molecule has 5 heteroatoms. The zero-order valence-corrected chi connectivity index (χ0v) is 8.02. The molecule has 0 radical (unpaired) electrons. The molecular formula is C9H6ClFN2O. The first-order valence-corrected chi connectivity index (χ1v) is 4.31. The molecule has 3 nitrogen and oxygen atoms in total. The number of aromatic nitrogens is 2. The minimum Gasteiger partial charge on any atom is -0.310 e. The van der Waals surface area contributed by atoms with Crippen molar-refractivity contribution in [1.82, 2.24) is 9.97 Å². The molecule has 0 atom stereocenters. The number of aromatic amines is 1. The van der Waals surface area contributed by atoms with Crippen LogP contribution in [-0.2, 0) is 0 Å². The van der Waals surface area contributed by atoms with Gasteiger partial charge in [0.25, 0.3) is 5.56 Å². The topological polar surface area (TPSA) is 45.8 Å². The highest BCUT2D eigenvalue weighted by molar-refractivity contribution is 6.31. The zero-order valence-electron chi connectivity index (χ0n) is 7.27. The molecule has 0 saturated carbocycles. The number of hydrogen-bond acceptors (Lipinski definition) is 2. The van der Waals surface area contributed by atoms with E-state index in [4.69, 9.17) is 11.6 Å². The molecule has 0 aliphatic carbocycles. The zero-order chi connectivity index (χ0) is 10.3. The molecule has 14 heavy (non-hydrogen) atoms. The Kier molecular flexibility index (Phi) is 2.00. The summed E-state index contributed by atoms with van der Waals surface area (Å²) < 4.78 is 13.0.